The summed E-state index contributed by atoms with van der Waals surface area (Å²) in [6.07, 6.45) is 0. The van der Waals surface area contributed by atoms with Crippen molar-refractivity contribution in [1.29, 1.82) is 0 Å². The molecule has 1 saturated heterocycles. The van der Waals surface area contributed by atoms with Crippen LogP contribution < -0.4 is 14.2 Å². The second-order valence-electron chi connectivity index (χ2n) is 4.36. The van der Waals surface area contributed by atoms with Crippen molar-refractivity contribution in [1.82, 2.24) is 5.01 Å². The molecule has 0 aromatic heterocycles. The number of carbonyl (C=O) groups excluding carboxylic acids is 1. The molecule has 6 nitrogen and oxygen atoms in total. The molecule has 0 unspecified atom stereocenters. The van der Waals surface area contributed by atoms with Crippen LogP contribution in [0.5, 0.6) is 17.2 Å². The Bertz CT molecular complexity index is 605. The van der Waals surface area contributed by atoms with Gasteiger partial charge < -0.3 is 14.2 Å². The van der Waals surface area contributed by atoms with E-state index in [-0.39, 0.29) is 5.91 Å². The molecule has 0 radical (unpaired) electrons. The van der Waals surface area contributed by atoms with E-state index in [1.54, 1.807) is 40.4 Å². The van der Waals surface area contributed by atoms with Gasteiger partial charge in [0.05, 0.1) is 32.8 Å². The molecule has 1 aromatic rings. The minimum Gasteiger partial charge on any atom is -0.493 e. The Balaban J connectivity index is 2.43. The number of benzene rings is 1. The van der Waals surface area contributed by atoms with E-state index in [2.05, 4.69) is 5.10 Å². The van der Waals surface area contributed by atoms with E-state index >= 15 is 0 Å². The van der Waals surface area contributed by atoms with Crippen LogP contribution in [0.4, 0.5) is 0 Å². The van der Waals surface area contributed by atoms with Crippen LogP contribution in [0.25, 0.3) is 0 Å². The summed E-state index contributed by atoms with van der Waals surface area (Å²) in [5.74, 6) is 1.75. The fraction of sp³-hybridized carbons (Fsp3) is 0.357. The van der Waals surface area contributed by atoms with Crippen molar-refractivity contribution in [2.75, 3.05) is 27.1 Å². The average molecular weight is 340 g/mol. The summed E-state index contributed by atoms with van der Waals surface area (Å²) in [6, 6.07) is 3.55. The van der Waals surface area contributed by atoms with Gasteiger partial charge in [0.2, 0.25) is 5.75 Å². The van der Waals surface area contributed by atoms with E-state index in [0.717, 1.165) is 5.56 Å². The monoisotopic (exact) mass is 340 g/mol. The minimum absolute atomic E-state index is 0.123. The zero-order valence-corrected chi connectivity index (χ0v) is 14.3. The topological polar surface area (TPSA) is 60.4 Å². The Kier molecular flexibility index (Phi) is 5.25. The molecule has 1 aliphatic heterocycles. The fourth-order valence-corrected chi connectivity index (χ4v) is 2.90. The predicted octanol–water partition coefficient (Wildman–Crippen LogP) is 2.30. The van der Waals surface area contributed by atoms with Crippen molar-refractivity contribution >= 4 is 39.9 Å². The normalized spacial score (nSPS) is 15.3. The van der Waals surface area contributed by atoms with Crippen LogP contribution in [-0.2, 0) is 4.79 Å². The largest absolute Gasteiger partial charge is 0.493 e. The Morgan fingerprint density at radius 3 is 2.23 bits per heavy atom. The van der Waals surface area contributed by atoms with E-state index in [1.807, 2.05) is 0 Å². The Labute approximate surface area is 138 Å². The molecule has 1 heterocycles. The molecule has 0 spiro atoms. The van der Waals surface area contributed by atoms with Crippen LogP contribution >= 0.6 is 24.0 Å². The van der Waals surface area contributed by atoms with Gasteiger partial charge in [-0.2, -0.15) is 10.1 Å². The third-order valence-electron chi connectivity index (χ3n) is 3.06. The maximum Gasteiger partial charge on any atom is 0.259 e. The van der Waals surface area contributed by atoms with Crippen LogP contribution in [-0.4, -0.2) is 48.0 Å². The zero-order chi connectivity index (χ0) is 16.3. The molecular weight excluding hydrogens is 324 g/mol. The first-order chi connectivity index (χ1) is 10.5. The molecule has 1 fully saturated rings. The van der Waals surface area contributed by atoms with Gasteiger partial charge in [-0.3, -0.25) is 4.79 Å². The Hall–Kier alpha value is -1.80. The van der Waals surface area contributed by atoms with Crippen LogP contribution in [0.1, 0.15) is 12.5 Å². The number of rotatable bonds is 5. The van der Waals surface area contributed by atoms with Crippen molar-refractivity contribution in [3.8, 4) is 17.2 Å². The number of ether oxygens (including phenoxy) is 3. The lowest BCUT2D eigenvalue weighted by atomic mass is 10.1. The summed E-state index contributed by atoms with van der Waals surface area (Å²) in [5.41, 5.74) is 1.37. The van der Waals surface area contributed by atoms with E-state index in [0.29, 0.717) is 33.0 Å². The maximum absolute atomic E-state index is 11.7. The first-order valence-electron chi connectivity index (χ1n) is 6.37. The summed E-state index contributed by atoms with van der Waals surface area (Å²) in [5, 5.41) is 5.55. The van der Waals surface area contributed by atoms with Crippen molar-refractivity contribution in [3.05, 3.63) is 17.7 Å². The summed E-state index contributed by atoms with van der Waals surface area (Å²) >= 11 is 6.42. The molecule has 0 N–H and O–H groups in total. The molecule has 118 valence electrons. The molecule has 2 rings (SSSR count). The zero-order valence-electron chi connectivity index (χ0n) is 12.7. The molecule has 0 atom stereocenters. The highest BCUT2D eigenvalue weighted by molar-refractivity contribution is 8.23. The molecule has 0 aliphatic carbocycles. The van der Waals surface area contributed by atoms with Crippen molar-refractivity contribution in [2.45, 2.75) is 6.92 Å². The second-order valence-corrected chi connectivity index (χ2v) is 5.97. The first-order valence-corrected chi connectivity index (χ1v) is 7.76. The van der Waals surface area contributed by atoms with E-state index in [9.17, 15) is 4.79 Å². The molecule has 0 bridgehead atoms. The van der Waals surface area contributed by atoms with Crippen LogP contribution in [0, 0.1) is 0 Å². The minimum atomic E-state index is -0.123. The SMILES string of the molecule is COc1cc(C(C)=NN2C(=O)CSC2=S)cc(OC)c1OC. The van der Waals surface area contributed by atoms with Crippen molar-refractivity contribution in [3.63, 3.8) is 0 Å². The second kappa shape index (κ2) is 6.97. The van der Waals surface area contributed by atoms with Gasteiger partial charge in [-0.15, -0.1) is 0 Å². The van der Waals surface area contributed by atoms with Crippen LogP contribution in [0.2, 0.25) is 0 Å². The lowest BCUT2D eigenvalue weighted by molar-refractivity contribution is -0.124. The molecule has 22 heavy (non-hydrogen) atoms. The summed E-state index contributed by atoms with van der Waals surface area (Å²) in [7, 11) is 4.63. The standard InChI is InChI=1S/C14H16N2O4S2/c1-8(15-16-12(17)7-22-14(16)21)9-5-10(18-2)13(20-4)11(6-9)19-3/h5-6H,7H2,1-4H3. The number of hydrogen-bond donors (Lipinski definition) is 0. The van der Waals surface area contributed by atoms with Gasteiger partial charge in [0, 0.05) is 5.56 Å². The van der Waals surface area contributed by atoms with Gasteiger partial charge in [-0.05, 0) is 19.1 Å². The highest BCUT2D eigenvalue weighted by atomic mass is 32.2. The van der Waals surface area contributed by atoms with E-state index < -0.39 is 0 Å². The average Bonchev–Trinajstić information content (AvgIpc) is 2.85. The van der Waals surface area contributed by atoms with Gasteiger partial charge in [0.15, 0.2) is 15.8 Å². The third-order valence-corrected chi connectivity index (χ3v) is 4.40. The number of nitrogens with zero attached hydrogens (tertiary/aromatic N) is 2. The highest BCUT2D eigenvalue weighted by Gasteiger charge is 2.27. The number of hydrazone groups is 1. The number of carbonyl (C=O) groups is 1. The van der Waals surface area contributed by atoms with Crippen LogP contribution in [0.3, 0.4) is 0 Å². The third kappa shape index (κ3) is 3.17. The van der Waals surface area contributed by atoms with Gasteiger partial charge in [0.1, 0.15) is 0 Å². The van der Waals surface area contributed by atoms with Gasteiger partial charge in [-0.1, -0.05) is 24.0 Å². The molecular formula is C14H16N2O4S2. The molecule has 1 amide bonds. The number of thiocarbonyl (C=S) groups is 1. The Morgan fingerprint density at radius 2 is 1.82 bits per heavy atom. The number of amides is 1. The predicted molar refractivity (Wildman–Crippen MR) is 90.2 cm³/mol. The van der Waals surface area contributed by atoms with Gasteiger partial charge in [0.25, 0.3) is 5.91 Å². The van der Waals surface area contributed by atoms with Crippen molar-refractivity contribution in [2.24, 2.45) is 5.10 Å². The smallest absolute Gasteiger partial charge is 0.259 e. The number of methoxy groups -OCH3 is 3. The number of hydrogen-bond acceptors (Lipinski definition) is 7. The fourth-order valence-electron chi connectivity index (χ4n) is 1.94. The molecule has 1 aliphatic rings. The highest BCUT2D eigenvalue weighted by Crippen LogP contribution is 2.38. The molecule has 8 heteroatoms. The first kappa shape index (κ1) is 16.6. The summed E-state index contributed by atoms with van der Waals surface area (Å²) in [4.78, 5) is 11.7. The van der Waals surface area contributed by atoms with Gasteiger partial charge in [-0.25, -0.2) is 0 Å². The Morgan fingerprint density at radius 1 is 1.23 bits per heavy atom. The van der Waals surface area contributed by atoms with E-state index in [4.69, 9.17) is 26.4 Å². The van der Waals surface area contributed by atoms with Crippen LogP contribution in [0.15, 0.2) is 17.2 Å². The summed E-state index contributed by atoms with van der Waals surface area (Å²) < 4.78 is 16.4. The lowest BCUT2D eigenvalue weighted by Crippen LogP contribution is -2.24. The van der Waals surface area contributed by atoms with Gasteiger partial charge >= 0.3 is 0 Å². The van der Waals surface area contributed by atoms with E-state index in [1.165, 1.54) is 16.8 Å². The number of thioether (sulfide) groups is 1. The summed E-state index contributed by atoms with van der Waals surface area (Å²) in [6.45, 7) is 1.79. The van der Waals surface area contributed by atoms with Crippen molar-refractivity contribution < 1.29 is 19.0 Å². The quantitative estimate of drug-likeness (QED) is 0.605. The molecule has 0 saturated carbocycles. The molecule has 1 aromatic carbocycles. The lowest BCUT2D eigenvalue weighted by Gasteiger charge is -2.15. The maximum atomic E-state index is 11.7.